The van der Waals surface area contributed by atoms with E-state index in [9.17, 15) is 0 Å². The molecule has 2 N–H and O–H groups in total. The smallest absolute Gasteiger partial charge is 0.0541 e. The average molecular weight is 146 g/mol. The first kappa shape index (κ1) is 9.92. The molecule has 0 aliphatic rings. The van der Waals surface area contributed by atoms with Gasteiger partial charge in [-0.25, -0.2) is 0 Å². The van der Waals surface area contributed by atoms with Gasteiger partial charge in [-0.3, -0.25) is 0 Å². The summed E-state index contributed by atoms with van der Waals surface area (Å²) in [5.41, 5.74) is 0. The van der Waals surface area contributed by atoms with Gasteiger partial charge in [-0.2, -0.15) is 0 Å². The molecule has 0 aromatic carbocycles. The molecule has 0 saturated heterocycles. The van der Waals surface area contributed by atoms with E-state index in [1.165, 1.54) is 0 Å². The first-order chi connectivity index (χ1) is 4.57. The fraction of sp³-hybridized carbons (Fsp3) is 1.00. The molecule has 2 heteroatoms. The van der Waals surface area contributed by atoms with Crippen LogP contribution in [0.2, 0.25) is 0 Å². The third-order valence-electron chi connectivity index (χ3n) is 1.85. The van der Waals surface area contributed by atoms with Gasteiger partial charge in [-0.15, -0.1) is 0 Å². The maximum atomic E-state index is 9.15. The standard InChI is InChI=1S/C8H18O2/c1-4-8(7(3)10)5-6(2)9/h6-10H,4-5H2,1-3H3. The van der Waals surface area contributed by atoms with Crippen LogP contribution < -0.4 is 0 Å². The summed E-state index contributed by atoms with van der Waals surface area (Å²) in [6, 6.07) is 0. The summed E-state index contributed by atoms with van der Waals surface area (Å²) in [4.78, 5) is 0. The van der Waals surface area contributed by atoms with Gasteiger partial charge in [0.25, 0.3) is 0 Å². The van der Waals surface area contributed by atoms with Gasteiger partial charge in [0.1, 0.15) is 0 Å². The number of hydrogen-bond acceptors (Lipinski definition) is 2. The summed E-state index contributed by atoms with van der Waals surface area (Å²) in [5, 5.41) is 18.1. The van der Waals surface area contributed by atoms with Gasteiger partial charge in [-0.05, 0) is 26.2 Å². The molecule has 3 unspecified atom stereocenters. The normalized spacial score (nSPS) is 20.1. The maximum Gasteiger partial charge on any atom is 0.0541 e. The molecule has 0 spiro atoms. The van der Waals surface area contributed by atoms with Crippen LogP contribution in [0.4, 0.5) is 0 Å². The van der Waals surface area contributed by atoms with Crippen molar-refractivity contribution >= 4 is 0 Å². The van der Waals surface area contributed by atoms with E-state index in [1.54, 1.807) is 13.8 Å². The lowest BCUT2D eigenvalue weighted by Crippen LogP contribution is -2.20. The predicted octanol–water partition coefficient (Wildman–Crippen LogP) is 1.16. The fourth-order valence-electron chi connectivity index (χ4n) is 1.14. The molecule has 0 fully saturated rings. The molecule has 0 amide bonds. The molecule has 2 nitrogen and oxygen atoms in total. The molecule has 0 aliphatic heterocycles. The van der Waals surface area contributed by atoms with E-state index >= 15 is 0 Å². The first-order valence-corrected chi connectivity index (χ1v) is 3.94. The SMILES string of the molecule is CCC(CC(C)O)C(C)O. The van der Waals surface area contributed by atoms with Gasteiger partial charge in [0.05, 0.1) is 12.2 Å². The van der Waals surface area contributed by atoms with Crippen LogP contribution in [0.25, 0.3) is 0 Å². The lowest BCUT2D eigenvalue weighted by molar-refractivity contribution is 0.0768. The van der Waals surface area contributed by atoms with Gasteiger partial charge in [0, 0.05) is 0 Å². The van der Waals surface area contributed by atoms with Crippen LogP contribution in [0.15, 0.2) is 0 Å². The van der Waals surface area contributed by atoms with Gasteiger partial charge in [0.2, 0.25) is 0 Å². The van der Waals surface area contributed by atoms with Crippen LogP contribution in [-0.2, 0) is 0 Å². The average Bonchev–Trinajstić information content (AvgIpc) is 1.81. The van der Waals surface area contributed by atoms with E-state index in [0.717, 1.165) is 6.42 Å². The molecule has 0 aromatic rings. The van der Waals surface area contributed by atoms with Crippen molar-refractivity contribution in [3.63, 3.8) is 0 Å². The first-order valence-electron chi connectivity index (χ1n) is 3.94. The Balaban J connectivity index is 3.60. The molecular formula is C8H18O2. The quantitative estimate of drug-likeness (QED) is 0.625. The topological polar surface area (TPSA) is 40.5 Å². The van der Waals surface area contributed by atoms with Crippen LogP contribution >= 0.6 is 0 Å². The number of hydrogen-bond donors (Lipinski definition) is 2. The zero-order valence-corrected chi connectivity index (χ0v) is 7.04. The van der Waals surface area contributed by atoms with E-state index in [4.69, 9.17) is 10.2 Å². The van der Waals surface area contributed by atoms with Gasteiger partial charge in [-0.1, -0.05) is 13.3 Å². The van der Waals surface area contributed by atoms with Crippen molar-refractivity contribution in [2.45, 2.75) is 45.8 Å². The van der Waals surface area contributed by atoms with E-state index in [0.29, 0.717) is 6.42 Å². The molecule has 0 saturated carbocycles. The second kappa shape index (κ2) is 4.69. The zero-order chi connectivity index (χ0) is 8.15. The summed E-state index contributed by atoms with van der Waals surface area (Å²) < 4.78 is 0. The lowest BCUT2D eigenvalue weighted by Gasteiger charge is -2.18. The van der Waals surface area contributed by atoms with Crippen molar-refractivity contribution in [3.05, 3.63) is 0 Å². The van der Waals surface area contributed by atoms with Crippen molar-refractivity contribution in [1.82, 2.24) is 0 Å². The zero-order valence-electron chi connectivity index (χ0n) is 7.04. The molecule has 62 valence electrons. The van der Waals surface area contributed by atoms with Crippen LogP contribution in [0, 0.1) is 5.92 Å². The van der Waals surface area contributed by atoms with Crippen LogP contribution in [0.1, 0.15) is 33.6 Å². The lowest BCUT2D eigenvalue weighted by atomic mass is 9.94. The summed E-state index contributed by atoms with van der Waals surface area (Å²) >= 11 is 0. The van der Waals surface area contributed by atoms with Crippen LogP contribution in [0.3, 0.4) is 0 Å². The Morgan fingerprint density at radius 3 is 1.80 bits per heavy atom. The second-order valence-corrected chi connectivity index (χ2v) is 2.99. The highest BCUT2D eigenvalue weighted by molar-refractivity contribution is 4.65. The number of aliphatic hydroxyl groups excluding tert-OH is 2. The predicted molar refractivity (Wildman–Crippen MR) is 41.8 cm³/mol. The summed E-state index contributed by atoms with van der Waals surface area (Å²) in [6.45, 7) is 5.56. The van der Waals surface area contributed by atoms with E-state index in [1.807, 2.05) is 6.92 Å². The molecular weight excluding hydrogens is 128 g/mol. The molecule has 0 bridgehead atoms. The Kier molecular flexibility index (Phi) is 4.65. The second-order valence-electron chi connectivity index (χ2n) is 2.99. The summed E-state index contributed by atoms with van der Waals surface area (Å²) in [5.74, 6) is 0.250. The highest BCUT2D eigenvalue weighted by Gasteiger charge is 2.14. The monoisotopic (exact) mass is 146 g/mol. The molecule has 10 heavy (non-hydrogen) atoms. The molecule has 0 rings (SSSR count). The highest BCUT2D eigenvalue weighted by atomic mass is 16.3. The molecule has 0 aliphatic carbocycles. The Hall–Kier alpha value is -0.0800. The Labute approximate surface area is 62.9 Å². The number of aliphatic hydroxyl groups is 2. The minimum atomic E-state index is -0.292. The maximum absolute atomic E-state index is 9.15. The number of rotatable bonds is 4. The third-order valence-corrected chi connectivity index (χ3v) is 1.85. The minimum Gasteiger partial charge on any atom is -0.393 e. The van der Waals surface area contributed by atoms with Crippen molar-refractivity contribution in [2.24, 2.45) is 5.92 Å². The molecule has 0 radical (unpaired) electrons. The minimum absolute atomic E-state index is 0.250. The van der Waals surface area contributed by atoms with E-state index in [-0.39, 0.29) is 18.1 Å². The van der Waals surface area contributed by atoms with Crippen molar-refractivity contribution in [2.75, 3.05) is 0 Å². The van der Waals surface area contributed by atoms with Crippen LogP contribution in [-0.4, -0.2) is 22.4 Å². The van der Waals surface area contributed by atoms with Gasteiger partial charge < -0.3 is 10.2 Å². The Morgan fingerprint density at radius 2 is 1.70 bits per heavy atom. The summed E-state index contributed by atoms with van der Waals surface area (Å²) in [7, 11) is 0. The van der Waals surface area contributed by atoms with Crippen molar-refractivity contribution in [3.8, 4) is 0 Å². The Bertz CT molecular complexity index is 79.3. The highest BCUT2D eigenvalue weighted by Crippen LogP contribution is 2.14. The van der Waals surface area contributed by atoms with Gasteiger partial charge >= 0.3 is 0 Å². The molecule has 0 heterocycles. The van der Waals surface area contributed by atoms with Crippen molar-refractivity contribution in [1.29, 1.82) is 0 Å². The molecule has 0 aromatic heterocycles. The third kappa shape index (κ3) is 3.85. The Morgan fingerprint density at radius 1 is 1.20 bits per heavy atom. The van der Waals surface area contributed by atoms with Crippen molar-refractivity contribution < 1.29 is 10.2 Å². The van der Waals surface area contributed by atoms with E-state index < -0.39 is 0 Å². The van der Waals surface area contributed by atoms with Crippen LogP contribution in [0.5, 0.6) is 0 Å². The van der Waals surface area contributed by atoms with E-state index in [2.05, 4.69) is 0 Å². The summed E-state index contributed by atoms with van der Waals surface area (Å²) in [6.07, 6.45) is 1.05. The molecule has 3 atom stereocenters. The largest absolute Gasteiger partial charge is 0.393 e. The van der Waals surface area contributed by atoms with Gasteiger partial charge in [0.15, 0.2) is 0 Å². The fourth-order valence-corrected chi connectivity index (χ4v) is 1.14.